The lowest BCUT2D eigenvalue weighted by Crippen LogP contribution is -2.36. The van der Waals surface area contributed by atoms with Crippen LogP contribution in [0.4, 0.5) is 0 Å². The molecule has 3 N–H and O–H groups in total. The van der Waals surface area contributed by atoms with Crippen molar-refractivity contribution in [1.82, 2.24) is 0 Å². The van der Waals surface area contributed by atoms with E-state index in [2.05, 4.69) is 0 Å². The highest BCUT2D eigenvalue weighted by molar-refractivity contribution is 5.16. The summed E-state index contributed by atoms with van der Waals surface area (Å²) in [5, 5.41) is 17.8. The van der Waals surface area contributed by atoms with Crippen LogP contribution in [0.25, 0.3) is 0 Å². The molecule has 0 spiro atoms. The van der Waals surface area contributed by atoms with Crippen LogP contribution in [0.1, 0.15) is 12.0 Å². The number of nitriles is 1. The van der Waals surface area contributed by atoms with Crippen molar-refractivity contribution in [2.24, 2.45) is 5.73 Å². The molecule has 1 aromatic carbocycles. The van der Waals surface area contributed by atoms with E-state index in [-0.39, 0.29) is 12.5 Å². The number of rotatable bonds is 4. The minimum absolute atomic E-state index is 0.0913. The van der Waals surface area contributed by atoms with Crippen LogP contribution in [0, 0.1) is 11.3 Å². The van der Waals surface area contributed by atoms with Gasteiger partial charge >= 0.3 is 0 Å². The summed E-state index contributed by atoms with van der Waals surface area (Å²) in [7, 11) is 0. The van der Waals surface area contributed by atoms with Crippen molar-refractivity contribution in [3.05, 3.63) is 35.9 Å². The zero-order valence-corrected chi connectivity index (χ0v) is 7.93. The molecule has 1 aromatic rings. The predicted molar refractivity (Wildman–Crippen MR) is 54.4 cm³/mol. The number of benzene rings is 1. The van der Waals surface area contributed by atoms with Gasteiger partial charge in [-0.25, -0.2) is 0 Å². The molecular weight excluding hydrogens is 176 g/mol. The van der Waals surface area contributed by atoms with Gasteiger partial charge in [0.1, 0.15) is 0 Å². The van der Waals surface area contributed by atoms with Crippen LogP contribution in [0.2, 0.25) is 0 Å². The fraction of sp³-hybridized carbons (Fsp3) is 0.364. The van der Waals surface area contributed by atoms with Gasteiger partial charge in [-0.3, -0.25) is 0 Å². The standard InChI is InChI=1S/C11H14N2O/c12-7-6-11(14)10(13)8-9-4-2-1-3-5-9/h1-5,10-11,14H,6,8,13H2/t10-,11+/m0/s1. The Morgan fingerprint density at radius 1 is 1.36 bits per heavy atom. The molecule has 0 heterocycles. The van der Waals surface area contributed by atoms with Crippen molar-refractivity contribution >= 4 is 0 Å². The highest BCUT2D eigenvalue weighted by Crippen LogP contribution is 2.05. The third-order valence-corrected chi connectivity index (χ3v) is 2.11. The van der Waals surface area contributed by atoms with E-state index in [9.17, 15) is 5.11 Å². The first-order chi connectivity index (χ1) is 6.74. The van der Waals surface area contributed by atoms with Crippen molar-refractivity contribution in [2.75, 3.05) is 0 Å². The highest BCUT2D eigenvalue weighted by atomic mass is 16.3. The largest absolute Gasteiger partial charge is 0.390 e. The van der Waals surface area contributed by atoms with Gasteiger partial charge in [-0.2, -0.15) is 5.26 Å². The third kappa shape index (κ3) is 3.17. The monoisotopic (exact) mass is 190 g/mol. The molecule has 14 heavy (non-hydrogen) atoms. The molecule has 0 unspecified atom stereocenters. The second-order valence-corrected chi connectivity index (χ2v) is 3.28. The van der Waals surface area contributed by atoms with Crippen molar-refractivity contribution < 1.29 is 5.11 Å². The number of hydrogen-bond donors (Lipinski definition) is 2. The molecule has 0 bridgehead atoms. The van der Waals surface area contributed by atoms with Gasteiger partial charge in [-0.05, 0) is 12.0 Å². The molecule has 1 rings (SSSR count). The Hall–Kier alpha value is -1.37. The summed E-state index contributed by atoms with van der Waals surface area (Å²) in [6.07, 6.45) is -0.0438. The number of nitrogens with two attached hydrogens (primary N) is 1. The fourth-order valence-corrected chi connectivity index (χ4v) is 1.27. The molecule has 0 fully saturated rings. The van der Waals surface area contributed by atoms with Crippen LogP contribution < -0.4 is 5.73 Å². The van der Waals surface area contributed by atoms with E-state index in [4.69, 9.17) is 11.0 Å². The van der Waals surface area contributed by atoms with Gasteiger partial charge in [-0.15, -0.1) is 0 Å². The zero-order chi connectivity index (χ0) is 10.4. The maximum Gasteiger partial charge on any atom is 0.0823 e. The van der Waals surface area contributed by atoms with Gasteiger partial charge in [0.05, 0.1) is 18.6 Å². The first-order valence-corrected chi connectivity index (χ1v) is 4.58. The van der Waals surface area contributed by atoms with E-state index in [0.717, 1.165) is 5.56 Å². The van der Waals surface area contributed by atoms with E-state index in [1.165, 1.54) is 0 Å². The average molecular weight is 190 g/mol. The van der Waals surface area contributed by atoms with Gasteiger partial charge in [0.15, 0.2) is 0 Å². The Morgan fingerprint density at radius 2 is 2.00 bits per heavy atom. The first kappa shape index (κ1) is 10.7. The Morgan fingerprint density at radius 3 is 2.57 bits per heavy atom. The number of hydrogen-bond acceptors (Lipinski definition) is 3. The lowest BCUT2D eigenvalue weighted by Gasteiger charge is -2.15. The van der Waals surface area contributed by atoms with Crippen LogP contribution in [-0.2, 0) is 6.42 Å². The summed E-state index contributed by atoms with van der Waals surface area (Å²) in [4.78, 5) is 0. The summed E-state index contributed by atoms with van der Waals surface area (Å²) in [5.74, 6) is 0. The van der Waals surface area contributed by atoms with Gasteiger partial charge in [0, 0.05) is 6.04 Å². The molecule has 74 valence electrons. The first-order valence-electron chi connectivity index (χ1n) is 4.58. The van der Waals surface area contributed by atoms with Crippen LogP contribution in [0.5, 0.6) is 0 Å². The molecule has 0 aliphatic carbocycles. The van der Waals surface area contributed by atoms with Crippen molar-refractivity contribution in [1.29, 1.82) is 5.26 Å². The molecule has 0 aromatic heterocycles. The molecule has 3 nitrogen and oxygen atoms in total. The van der Waals surface area contributed by atoms with Gasteiger partial charge in [-0.1, -0.05) is 30.3 Å². The summed E-state index contributed by atoms with van der Waals surface area (Å²) in [6, 6.07) is 11.2. The quantitative estimate of drug-likeness (QED) is 0.738. The average Bonchev–Trinajstić information content (AvgIpc) is 2.19. The Labute approximate surface area is 83.8 Å². The molecule has 0 aliphatic heterocycles. The molecule has 0 saturated carbocycles. The summed E-state index contributed by atoms with van der Waals surface area (Å²) >= 11 is 0. The van der Waals surface area contributed by atoms with E-state index < -0.39 is 6.10 Å². The van der Waals surface area contributed by atoms with Crippen molar-refractivity contribution in [2.45, 2.75) is 25.0 Å². The number of nitrogens with zero attached hydrogens (tertiary/aromatic N) is 1. The van der Waals surface area contributed by atoms with Crippen LogP contribution >= 0.6 is 0 Å². The summed E-state index contributed by atoms with van der Waals surface area (Å²) < 4.78 is 0. The van der Waals surface area contributed by atoms with E-state index in [0.29, 0.717) is 6.42 Å². The maximum absolute atomic E-state index is 9.43. The van der Waals surface area contributed by atoms with Gasteiger partial charge < -0.3 is 10.8 Å². The topological polar surface area (TPSA) is 70.0 Å². The molecule has 0 saturated heterocycles. The second kappa shape index (κ2) is 5.38. The van der Waals surface area contributed by atoms with Crippen LogP contribution in [0.15, 0.2) is 30.3 Å². The summed E-state index contributed by atoms with van der Waals surface area (Å²) in [5.41, 5.74) is 6.81. The maximum atomic E-state index is 9.43. The van der Waals surface area contributed by atoms with Crippen LogP contribution in [-0.4, -0.2) is 17.3 Å². The predicted octanol–water partition coefficient (Wildman–Crippen LogP) is 0.831. The highest BCUT2D eigenvalue weighted by Gasteiger charge is 2.14. The van der Waals surface area contributed by atoms with E-state index >= 15 is 0 Å². The molecular formula is C11H14N2O. The van der Waals surface area contributed by atoms with Crippen molar-refractivity contribution in [3.8, 4) is 6.07 Å². The molecule has 0 radical (unpaired) electrons. The second-order valence-electron chi connectivity index (χ2n) is 3.28. The fourth-order valence-electron chi connectivity index (χ4n) is 1.27. The molecule has 0 aliphatic rings. The lowest BCUT2D eigenvalue weighted by molar-refractivity contribution is 0.149. The Kier molecular flexibility index (Phi) is 4.11. The minimum atomic E-state index is -0.736. The van der Waals surface area contributed by atoms with Gasteiger partial charge in [0.2, 0.25) is 0 Å². The number of aliphatic hydroxyl groups is 1. The van der Waals surface area contributed by atoms with Crippen LogP contribution in [0.3, 0.4) is 0 Å². The minimum Gasteiger partial charge on any atom is -0.390 e. The normalized spacial score (nSPS) is 14.4. The van der Waals surface area contributed by atoms with Gasteiger partial charge in [0.25, 0.3) is 0 Å². The molecule has 2 atom stereocenters. The smallest absolute Gasteiger partial charge is 0.0823 e. The molecule has 3 heteroatoms. The third-order valence-electron chi connectivity index (χ3n) is 2.11. The lowest BCUT2D eigenvalue weighted by atomic mass is 10.0. The zero-order valence-electron chi connectivity index (χ0n) is 7.93. The Bertz CT molecular complexity index is 305. The number of aliphatic hydroxyl groups excluding tert-OH is 1. The SMILES string of the molecule is N#CC[C@@H](O)[C@@H](N)Cc1ccccc1. The molecule has 0 amide bonds. The van der Waals surface area contributed by atoms with E-state index in [1.54, 1.807) is 0 Å². The summed E-state index contributed by atoms with van der Waals surface area (Å²) in [6.45, 7) is 0. The van der Waals surface area contributed by atoms with E-state index in [1.807, 2.05) is 36.4 Å². The Balaban J connectivity index is 2.49. The van der Waals surface area contributed by atoms with Crippen molar-refractivity contribution in [3.63, 3.8) is 0 Å².